The van der Waals surface area contributed by atoms with Crippen molar-refractivity contribution >= 4 is 32.8 Å². The number of allylic oxidation sites excluding steroid dienone is 2. The molecule has 1 heterocycles. The van der Waals surface area contributed by atoms with Gasteiger partial charge in [0.25, 0.3) is 10.0 Å². The van der Waals surface area contributed by atoms with Crippen molar-refractivity contribution < 1.29 is 13.5 Å². The van der Waals surface area contributed by atoms with Crippen molar-refractivity contribution in [2.24, 2.45) is 4.99 Å². The Morgan fingerprint density at radius 2 is 1.88 bits per heavy atom. The molecule has 0 saturated carbocycles. The SMILES string of the molecule is Cc1ccc(S(=O)(=O)Nc2cccc3c2[NH+]([O-])C2C=CC=CC2=N3)cc1. The molecular formula is C19H17N3O3S. The summed E-state index contributed by atoms with van der Waals surface area (Å²) in [6, 6.07) is 11.1. The highest BCUT2D eigenvalue weighted by molar-refractivity contribution is 7.92. The third-order valence-corrected chi connectivity index (χ3v) is 5.78. The fourth-order valence-electron chi connectivity index (χ4n) is 3.05. The first-order valence-corrected chi connectivity index (χ1v) is 9.64. The van der Waals surface area contributed by atoms with Crippen molar-refractivity contribution in [2.45, 2.75) is 17.9 Å². The summed E-state index contributed by atoms with van der Waals surface area (Å²) in [5.74, 6) is 0. The fraction of sp³-hybridized carbons (Fsp3) is 0.105. The molecule has 0 aromatic heterocycles. The minimum atomic E-state index is -3.80. The first kappa shape index (κ1) is 16.7. The summed E-state index contributed by atoms with van der Waals surface area (Å²) in [6.07, 6.45) is 7.20. The predicted octanol–water partition coefficient (Wildman–Crippen LogP) is 2.39. The molecule has 0 bridgehead atoms. The van der Waals surface area contributed by atoms with Crippen LogP contribution in [0.2, 0.25) is 0 Å². The highest BCUT2D eigenvalue weighted by Gasteiger charge is 2.31. The van der Waals surface area contributed by atoms with Gasteiger partial charge in [-0.25, -0.2) is 13.4 Å². The molecule has 132 valence electrons. The molecule has 2 atom stereocenters. The largest absolute Gasteiger partial charge is 0.628 e. The molecule has 0 spiro atoms. The van der Waals surface area contributed by atoms with Gasteiger partial charge in [-0.3, -0.25) is 4.72 Å². The number of hydrogen-bond donors (Lipinski definition) is 2. The number of aliphatic imine (C=N–C) groups is 1. The van der Waals surface area contributed by atoms with Gasteiger partial charge in [-0.1, -0.05) is 35.9 Å². The Balaban J connectivity index is 1.76. The summed E-state index contributed by atoms with van der Waals surface area (Å²) in [5, 5.41) is 12.8. The zero-order valence-electron chi connectivity index (χ0n) is 14.0. The highest BCUT2D eigenvalue weighted by Crippen LogP contribution is 2.34. The van der Waals surface area contributed by atoms with E-state index in [-0.39, 0.29) is 15.6 Å². The molecule has 2 aromatic rings. The Kier molecular flexibility index (Phi) is 3.99. The van der Waals surface area contributed by atoms with Gasteiger partial charge in [-0.2, -0.15) is 0 Å². The number of aryl methyl sites for hydroxylation is 1. The number of para-hydroxylation sites is 1. The lowest BCUT2D eigenvalue weighted by molar-refractivity contribution is -0.785. The zero-order chi connectivity index (χ0) is 18.3. The van der Waals surface area contributed by atoms with Crippen LogP contribution in [0.1, 0.15) is 5.56 Å². The lowest BCUT2D eigenvalue weighted by Crippen LogP contribution is -3.08. The fourth-order valence-corrected chi connectivity index (χ4v) is 4.13. The minimum Gasteiger partial charge on any atom is -0.628 e. The predicted molar refractivity (Wildman–Crippen MR) is 102 cm³/mol. The van der Waals surface area contributed by atoms with Crippen molar-refractivity contribution in [2.75, 3.05) is 4.72 Å². The molecule has 6 nitrogen and oxygen atoms in total. The highest BCUT2D eigenvalue weighted by atomic mass is 32.2. The Hall–Kier alpha value is -2.74. The minimum absolute atomic E-state index is 0.147. The van der Waals surface area contributed by atoms with Gasteiger partial charge in [-0.05, 0) is 43.3 Å². The average molecular weight is 367 g/mol. The van der Waals surface area contributed by atoms with Crippen molar-refractivity contribution in [1.82, 2.24) is 0 Å². The molecule has 0 radical (unpaired) electrons. The first-order valence-electron chi connectivity index (χ1n) is 8.16. The number of fused-ring (bicyclic) bond motifs is 2. The molecule has 2 aliphatic rings. The summed E-state index contributed by atoms with van der Waals surface area (Å²) < 4.78 is 28.0. The number of nitrogens with zero attached hydrogens (tertiary/aromatic N) is 1. The standard InChI is InChI=1S/C19H17N3O3S/c1-13-9-11-14(12-10-13)26(24,25)21-17-7-4-6-16-19(17)22(23)18-8-3-2-5-15(18)20-16/h2-12,18,21-22H,1H3. The number of nitrogens with one attached hydrogen (secondary N) is 2. The van der Waals surface area contributed by atoms with E-state index in [4.69, 9.17) is 0 Å². The van der Waals surface area contributed by atoms with Gasteiger partial charge in [-0.15, -0.1) is 0 Å². The Morgan fingerprint density at radius 3 is 2.65 bits per heavy atom. The molecule has 2 N–H and O–H groups in total. The van der Waals surface area contributed by atoms with Gasteiger partial charge in [0.1, 0.15) is 17.1 Å². The van der Waals surface area contributed by atoms with Crippen molar-refractivity contribution in [3.63, 3.8) is 0 Å². The number of sulfonamides is 1. The zero-order valence-corrected chi connectivity index (χ0v) is 14.8. The quantitative estimate of drug-likeness (QED) is 0.817. The van der Waals surface area contributed by atoms with Crippen molar-refractivity contribution in [3.05, 3.63) is 77.5 Å². The Morgan fingerprint density at radius 1 is 1.12 bits per heavy atom. The van der Waals surface area contributed by atoms with Gasteiger partial charge < -0.3 is 10.3 Å². The molecule has 4 rings (SSSR count). The van der Waals surface area contributed by atoms with Gasteiger partial charge in [0, 0.05) is 0 Å². The second-order valence-corrected chi connectivity index (χ2v) is 7.92. The molecule has 0 fully saturated rings. The summed E-state index contributed by atoms with van der Waals surface area (Å²) in [6.45, 7) is 1.89. The maximum absolute atomic E-state index is 12.9. The van der Waals surface area contributed by atoms with E-state index in [0.717, 1.165) is 5.56 Å². The number of hydrogen-bond acceptors (Lipinski definition) is 4. The molecule has 0 saturated heterocycles. The topological polar surface area (TPSA) is 86.0 Å². The molecular weight excluding hydrogens is 350 g/mol. The number of anilines is 1. The van der Waals surface area contributed by atoms with Gasteiger partial charge in [0.15, 0.2) is 11.7 Å². The summed E-state index contributed by atoms with van der Waals surface area (Å²) in [4.78, 5) is 4.66. The average Bonchev–Trinajstić information content (AvgIpc) is 2.62. The van der Waals surface area contributed by atoms with Crippen molar-refractivity contribution in [3.8, 4) is 0 Å². The van der Waals surface area contributed by atoms with Crippen LogP contribution in [0.3, 0.4) is 0 Å². The third kappa shape index (κ3) is 2.86. The first-order chi connectivity index (χ1) is 12.5. The lowest BCUT2D eigenvalue weighted by Gasteiger charge is -2.35. The molecule has 0 amide bonds. The normalized spacial score (nSPS) is 20.9. The van der Waals surface area contributed by atoms with Crippen LogP contribution in [-0.2, 0) is 10.0 Å². The molecule has 7 heteroatoms. The van der Waals surface area contributed by atoms with Crippen LogP contribution in [0.4, 0.5) is 17.1 Å². The van der Waals surface area contributed by atoms with Crippen LogP contribution in [0.5, 0.6) is 0 Å². The van der Waals surface area contributed by atoms with E-state index in [0.29, 0.717) is 17.1 Å². The second-order valence-electron chi connectivity index (χ2n) is 6.24. The van der Waals surface area contributed by atoms with Crippen LogP contribution in [0.25, 0.3) is 0 Å². The third-order valence-electron chi connectivity index (χ3n) is 4.40. The van der Waals surface area contributed by atoms with Crippen LogP contribution < -0.4 is 9.79 Å². The van der Waals surface area contributed by atoms with E-state index in [1.54, 1.807) is 60.7 Å². The molecule has 26 heavy (non-hydrogen) atoms. The summed E-state index contributed by atoms with van der Waals surface area (Å²) in [5.41, 5.74) is 2.67. The lowest BCUT2D eigenvalue weighted by atomic mass is 10.0. The smallest absolute Gasteiger partial charge is 0.262 e. The summed E-state index contributed by atoms with van der Waals surface area (Å²) >= 11 is 0. The summed E-state index contributed by atoms with van der Waals surface area (Å²) in [7, 11) is -3.80. The molecule has 1 aliphatic carbocycles. The monoisotopic (exact) mass is 367 g/mol. The maximum Gasteiger partial charge on any atom is 0.262 e. The molecule has 2 unspecified atom stereocenters. The Labute approximate surface area is 151 Å². The van der Waals surface area contributed by atoms with E-state index < -0.39 is 16.1 Å². The van der Waals surface area contributed by atoms with E-state index >= 15 is 0 Å². The van der Waals surface area contributed by atoms with Gasteiger partial charge >= 0.3 is 0 Å². The molecule has 1 aliphatic heterocycles. The van der Waals surface area contributed by atoms with Crippen LogP contribution in [0.15, 0.2) is 76.7 Å². The maximum atomic E-state index is 12.9. The van der Waals surface area contributed by atoms with Crippen LogP contribution >= 0.6 is 0 Å². The van der Waals surface area contributed by atoms with Crippen LogP contribution in [-0.4, -0.2) is 20.2 Å². The van der Waals surface area contributed by atoms with Gasteiger partial charge in [0.05, 0.1) is 4.90 Å². The molecule has 2 aromatic carbocycles. The van der Waals surface area contributed by atoms with E-state index in [2.05, 4.69) is 9.71 Å². The van der Waals surface area contributed by atoms with E-state index in [1.807, 2.05) is 13.0 Å². The number of quaternary nitrogens is 1. The number of rotatable bonds is 3. The van der Waals surface area contributed by atoms with E-state index in [9.17, 15) is 13.6 Å². The number of hydroxylamine groups is 1. The van der Waals surface area contributed by atoms with Crippen LogP contribution in [0, 0.1) is 12.1 Å². The second kappa shape index (κ2) is 6.21. The van der Waals surface area contributed by atoms with Crippen molar-refractivity contribution in [1.29, 1.82) is 0 Å². The van der Waals surface area contributed by atoms with Gasteiger partial charge in [0.2, 0.25) is 0 Å². The Bertz CT molecular complexity index is 1050. The van der Waals surface area contributed by atoms with E-state index in [1.165, 1.54) is 0 Å². The number of benzene rings is 2.